The Balaban J connectivity index is 1.87. The fourth-order valence-electron chi connectivity index (χ4n) is 1.71. The van der Waals surface area contributed by atoms with Gasteiger partial charge in [-0.3, -0.25) is 4.79 Å². The highest BCUT2D eigenvalue weighted by molar-refractivity contribution is 7.14. The highest BCUT2D eigenvalue weighted by Crippen LogP contribution is 2.23. The van der Waals surface area contributed by atoms with Crippen LogP contribution >= 0.6 is 11.3 Å². The summed E-state index contributed by atoms with van der Waals surface area (Å²) in [6.45, 7) is 2.35. The van der Waals surface area contributed by atoms with Crippen molar-refractivity contribution in [3.63, 3.8) is 0 Å². The molecule has 2 aromatic rings. The third-order valence-electron chi connectivity index (χ3n) is 2.77. The first-order valence-electron chi connectivity index (χ1n) is 5.95. The molecule has 0 saturated heterocycles. The van der Waals surface area contributed by atoms with Crippen LogP contribution in [0.25, 0.3) is 0 Å². The number of benzene rings is 1. The van der Waals surface area contributed by atoms with E-state index in [9.17, 15) is 9.18 Å². The Labute approximate surface area is 115 Å². The van der Waals surface area contributed by atoms with Crippen LogP contribution in [0.5, 0.6) is 0 Å². The van der Waals surface area contributed by atoms with Gasteiger partial charge in [0, 0.05) is 17.1 Å². The monoisotopic (exact) mass is 278 g/mol. The number of hydrogen-bond donors (Lipinski definition) is 2. The third kappa shape index (κ3) is 3.54. The van der Waals surface area contributed by atoms with Crippen molar-refractivity contribution >= 4 is 22.9 Å². The van der Waals surface area contributed by atoms with Crippen molar-refractivity contribution < 1.29 is 9.18 Å². The smallest absolute Gasteiger partial charge is 0.261 e. The molecule has 0 aliphatic heterocycles. The largest absolute Gasteiger partial charge is 0.398 e. The van der Waals surface area contributed by atoms with Crippen molar-refractivity contribution in [1.29, 1.82) is 0 Å². The van der Waals surface area contributed by atoms with Crippen LogP contribution in [0.3, 0.4) is 0 Å². The molecule has 5 heteroatoms. The first kappa shape index (κ1) is 13.5. The van der Waals surface area contributed by atoms with Crippen LogP contribution in [0.15, 0.2) is 30.3 Å². The lowest BCUT2D eigenvalue weighted by molar-refractivity contribution is 0.0958. The number of nitrogens with one attached hydrogen (secondary N) is 1. The molecule has 2 rings (SSSR count). The molecule has 100 valence electrons. The normalized spacial score (nSPS) is 10.4. The molecule has 19 heavy (non-hydrogen) atoms. The summed E-state index contributed by atoms with van der Waals surface area (Å²) >= 11 is 1.37. The molecule has 3 N–H and O–H groups in total. The number of rotatable bonds is 4. The Morgan fingerprint density at radius 1 is 1.42 bits per heavy atom. The molecule has 0 radical (unpaired) electrons. The SMILES string of the molecule is Cc1sc(C(=O)NCCc2cccc(F)c2)cc1N. The van der Waals surface area contributed by atoms with Crippen LogP contribution in [0.4, 0.5) is 10.1 Å². The average Bonchev–Trinajstić information content (AvgIpc) is 2.70. The Morgan fingerprint density at radius 3 is 2.84 bits per heavy atom. The van der Waals surface area contributed by atoms with Gasteiger partial charge >= 0.3 is 0 Å². The Bertz CT molecular complexity index is 575. The lowest BCUT2D eigenvalue weighted by Crippen LogP contribution is -2.24. The fourth-order valence-corrected chi connectivity index (χ4v) is 2.57. The molecular weight excluding hydrogens is 263 g/mol. The maximum absolute atomic E-state index is 13.0. The molecule has 1 heterocycles. The number of carbonyl (C=O) groups is 1. The summed E-state index contributed by atoms with van der Waals surface area (Å²) in [6.07, 6.45) is 0.601. The molecule has 3 nitrogen and oxygen atoms in total. The number of hydrogen-bond acceptors (Lipinski definition) is 3. The predicted molar refractivity (Wildman–Crippen MR) is 75.9 cm³/mol. The average molecular weight is 278 g/mol. The zero-order valence-corrected chi connectivity index (χ0v) is 11.4. The molecule has 0 bridgehead atoms. The van der Waals surface area contributed by atoms with Gasteiger partial charge in [-0.15, -0.1) is 11.3 Å². The van der Waals surface area contributed by atoms with Crippen LogP contribution < -0.4 is 11.1 Å². The van der Waals surface area contributed by atoms with Gasteiger partial charge in [0.15, 0.2) is 0 Å². The number of thiophene rings is 1. The standard InChI is InChI=1S/C14H15FN2OS/c1-9-12(16)8-13(19-9)14(18)17-6-5-10-3-2-4-11(15)7-10/h2-4,7-8H,5-6,16H2,1H3,(H,17,18). The van der Waals surface area contributed by atoms with Crippen molar-refractivity contribution in [2.24, 2.45) is 0 Å². The number of aryl methyl sites for hydroxylation is 1. The second-order valence-electron chi connectivity index (χ2n) is 4.26. The quantitative estimate of drug-likeness (QED) is 0.903. The third-order valence-corrected chi connectivity index (χ3v) is 3.83. The lowest BCUT2D eigenvalue weighted by atomic mass is 10.1. The van der Waals surface area contributed by atoms with Crippen LogP contribution in [0.1, 0.15) is 20.1 Å². The van der Waals surface area contributed by atoms with Gasteiger partial charge in [0.1, 0.15) is 5.82 Å². The summed E-state index contributed by atoms with van der Waals surface area (Å²) in [5.74, 6) is -0.397. The topological polar surface area (TPSA) is 55.1 Å². The van der Waals surface area contributed by atoms with Crippen LogP contribution in [0.2, 0.25) is 0 Å². The Hall–Kier alpha value is -1.88. The first-order valence-corrected chi connectivity index (χ1v) is 6.76. The summed E-state index contributed by atoms with van der Waals surface area (Å²) in [4.78, 5) is 13.4. The van der Waals surface area contributed by atoms with E-state index in [4.69, 9.17) is 5.73 Å². The minimum atomic E-state index is -0.259. The molecule has 1 aromatic carbocycles. The second kappa shape index (κ2) is 5.84. The minimum Gasteiger partial charge on any atom is -0.398 e. The van der Waals surface area contributed by atoms with Crippen LogP contribution in [-0.4, -0.2) is 12.5 Å². The van der Waals surface area contributed by atoms with Crippen molar-refractivity contribution in [1.82, 2.24) is 5.32 Å². The zero-order valence-electron chi connectivity index (χ0n) is 10.6. The van der Waals surface area contributed by atoms with Crippen molar-refractivity contribution in [3.05, 3.63) is 51.5 Å². The summed E-state index contributed by atoms with van der Waals surface area (Å²) in [6, 6.07) is 8.05. The molecule has 0 fully saturated rings. The van der Waals surface area contributed by atoms with Gasteiger partial charge in [-0.25, -0.2) is 4.39 Å². The highest BCUT2D eigenvalue weighted by Gasteiger charge is 2.10. The summed E-state index contributed by atoms with van der Waals surface area (Å²) < 4.78 is 13.0. The van der Waals surface area contributed by atoms with Gasteiger partial charge in [0.05, 0.1) is 4.88 Å². The molecule has 1 amide bonds. The van der Waals surface area contributed by atoms with Gasteiger partial charge in [0.2, 0.25) is 0 Å². The van der Waals surface area contributed by atoms with E-state index in [0.717, 1.165) is 10.4 Å². The molecule has 0 aliphatic rings. The molecular formula is C14H15FN2OS. The van der Waals surface area contributed by atoms with Gasteiger partial charge in [0.25, 0.3) is 5.91 Å². The van der Waals surface area contributed by atoms with Gasteiger partial charge in [-0.05, 0) is 37.1 Å². The predicted octanol–water partition coefficient (Wildman–Crippen LogP) is 2.75. The van der Waals surface area contributed by atoms with E-state index in [1.54, 1.807) is 12.1 Å². The fraction of sp³-hybridized carbons (Fsp3) is 0.214. The van der Waals surface area contributed by atoms with E-state index in [-0.39, 0.29) is 11.7 Å². The summed E-state index contributed by atoms with van der Waals surface area (Å²) in [5.41, 5.74) is 7.21. The highest BCUT2D eigenvalue weighted by atomic mass is 32.1. The minimum absolute atomic E-state index is 0.138. The van der Waals surface area contributed by atoms with Gasteiger partial charge < -0.3 is 11.1 Å². The van der Waals surface area contributed by atoms with E-state index < -0.39 is 0 Å². The van der Waals surface area contributed by atoms with Gasteiger partial charge in [-0.1, -0.05) is 12.1 Å². The number of nitrogen functional groups attached to an aromatic ring is 1. The van der Waals surface area contributed by atoms with Crippen molar-refractivity contribution in [2.45, 2.75) is 13.3 Å². The molecule has 1 aromatic heterocycles. The molecule has 0 unspecified atom stereocenters. The second-order valence-corrected chi connectivity index (χ2v) is 5.51. The maximum Gasteiger partial charge on any atom is 0.261 e. The van der Waals surface area contributed by atoms with E-state index in [2.05, 4.69) is 5.32 Å². The van der Waals surface area contributed by atoms with Crippen LogP contribution in [0, 0.1) is 12.7 Å². The lowest BCUT2D eigenvalue weighted by Gasteiger charge is -2.04. The van der Waals surface area contributed by atoms with E-state index in [1.807, 2.05) is 13.0 Å². The Kier molecular flexibility index (Phi) is 4.16. The molecule has 0 spiro atoms. The Morgan fingerprint density at radius 2 is 2.21 bits per heavy atom. The number of halogens is 1. The zero-order chi connectivity index (χ0) is 13.8. The summed E-state index contributed by atoms with van der Waals surface area (Å²) in [7, 11) is 0. The van der Waals surface area contributed by atoms with Gasteiger partial charge in [-0.2, -0.15) is 0 Å². The number of amides is 1. The molecule has 0 saturated carbocycles. The first-order chi connectivity index (χ1) is 9.06. The van der Waals surface area contributed by atoms with E-state index in [0.29, 0.717) is 23.5 Å². The van der Waals surface area contributed by atoms with E-state index >= 15 is 0 Å². The molecule has 0 aliphatic carbocycles. The number of anilines is 1. The number of carbonyl (C=O) groups excluding carboxylic acids is 1. The van der Waals surface area contributed by atoms with Crippen molar-refractivity contribution in [2.75, 3.05) is 12.3 Å². The maximum atomic E-state index is 13.0. The van der Waals surface area contributed by atoms with E-state index in [1.165, 1.54) is 23.5 Å². The molecule has 0 atom stereocenters. The van der Waals surface area contributed by atoms with Crippen LogP contribution in [-0.2, 0) is 6.42 Å². The van der Waals surface area contributed by atoms with Crippen molar-refractivity contribution in [3.8, 4) is 0 Å². The number of nitrogens with two attached hydrogens (primary N) is 1. The summed E-state index contributed by atoms with van der Waals surface area (Å²) in [5, 5.41) is 2.80.